The Morgan fingerprint density at radius 1 is 1.27 bits per heavy atom. The topological polar surface area (TPSA) is 64.4 Å². The average Bonchev–Trinajstić information content (AvgIpc) is 3.22. The first-order valence-corrected chi connectivity index (χ1v) is 9.21. The van der Waals surface area contributed by atoms with Crippen LogP contribution in [0.15, 0.2) is 42.7 Å². The first kappa shape index (κ1) is 18.2. The van der Waals surface area contributed by atoms with Gasteiger partial charge in [-0.2, -0.15) is 5.10 Å². The van der Waals surface area contributed by atoms with Crippen molar-refractivity contribution in [2.45, 2.75) is 51.7 Å². The summed E-state index contributed by atoms with van der Waals surface area (Å²) in [6.45, 7) is 4.49. The molecule has 2 heterocycles. The molecule has 0 spiro atoms. The largest absolute Gasteiger partial charge is 0.449 e. The number of carbonyl (C=O) groups excluding carboxylic acids is 2. The molecule has 1 aliphatic rings. The summed E-state index contributed by atoms with van der Waals surface area (Å²) >= 11 is 0. The molecule has 0 radical (unpaired) electrons. The predicted octanol–water partition coefficient (Wildman–Crippen LogP) is 3.21. The minimum Gasteiger partial charge on any atom is -0.449 e. The molecule has 0 saturated carbocycles. The maximum atomic E-state index is 12.7. The molecular formula is C20H25N3O3. The molecule has 1 aliphatic heterocycles. The Hall–Kier alpha value is -2.63. The van der Waals surface area contributed by atoms with Gasteiger partial charge in [-0.1, -0.05) is 6.92 Å². The fourth-order valence-corrected chi connectivity index (χ4v) is 3.40. The van der Waals surface area contributed by atoms with Gasteiger partial charge in [0.2, 0.25) is 0 Å². The summed E-state index contributed by atoms with van der Waals surface area (Å²) in [5.41, 5.74) is 1.28. The molecule has 1 fully saturated rings. The first-order valence-electron chi connectivity index (χ1n) is 9.21. The Balaban J connectivity index is 1.62. The second kappa shape index (κ2) is 8.17. The van der Waals surface area contributed by atoms with Crippen molar-refractivity contribution in [3.05, 3.63) is 48.3 Å². The highest BCUT2D eigenvalue weighted by Crippen LogP contribution is 2.21. The molecule has 1 saturated heterocycles. The van der Waals surface area contributed by atoms with Gasteiger partial charge < -0.3 is 9.64 Å². The zero-order valence-electron chi connectivity index (χ0n) is 15.3. The lowest BCUT2D eigenvalue weighted by molar-refractivity contribution is -0.143. The van der Waals surface area contributed by atoms with Crippen molar-refractivity contribution in [1.29, 1.82) is 0 Å². The summed E-state index contributed by atoms with van der Waals surface area (Å²) in [5.74, 6) is -0.582. The number of ether oxygens (including phenoxy) is 1. The van der Waals surface area contributed by atoms with Crippen molar-refractivity contribution >= 4 is 11.9 Å². The first-order chi connectivity index (χ1) is 12.6. The standard InChI is InChI=1S/C20H25N3O3/c1-3-17-7-4-5-13-22(17)19(24)15(2)26-20(25)16-8-10-18(11-9-16)23-14-6-12-21-23/h6,8-12,14-15,17H,3-5,7,13H2,1-2H3/t15-,17-/m0/s1. The summed E-state index contributed by atoms with van der Waals surface area (Å²) < 4.78 is 7.13. The van der Waals surface area contributed by atoms with Gasteiger partial charge in [-0.25, -0.2) is 9.48 Å². The van der Waals surface area contributed by atoms with E-state index in [1.165, 1.54) is 0 Å². The molecular weight excluding hydrogens is 330 g/mol. The third-order valence-electron chi connectivity index (χ3n) is 4.88. The van der Waals surface area contributed by atoms with Gasteiger partial charge in [0.25, 0.3) is 5.91 Å². The maximum absolute atomic E-state index is 12.7. The van der Waals surface area contributed by atoms with E-state index in [2.05, 4.69) is 12.0 Å². The summed E-state index contributed by atoms with van der Waals surface area (Å²) in [7, 11) is 0. The molecule has 6 heteroatoms. The molecule has 1 aromatic carbocycles. The van der Waals surface area contributed by atoms with Crippen molar-refractivity contribution in [1.82, 2.24) is 14.7 Å². The van der Waals surface area contributed by atoms with Crippen molar-refractivity contribution < 1.29 is 14.3 Å². The van der Waals surface area contributed by atoms with Crippen molar-refractivity contribution in [3.63, 3.8) is 0 Å². The van der Waals surface area contributed by atoms with Crippen LogP contribution in [0.25, 0.3) is 5.69 Å². The van der Waals surface area contributed by atoms with Gasteiger partial charge in [-0.15, -0.1) is 0 Å². The summed E-state index contributed by atoms with van der Waals surface area (Å²) in [6.07, 6.45) is 6.87. The molecule has 0 bridgehead atoms. The summed E-state index contributed by atoms with van der Waals surface area (Å²) in [6, 6.07) is 9.06. The highest BCUT2D eigenvalue weighted by Gasteiger charge is 2.30. The molecule has 2 aromatic rings. The lowest BCUT2D eigenvalue weighted by atomic mass is 9.99. The van der Waals surface area contributed by atoms with Gasteiger partial charge in [0.1, 0.15) is 0 Å². The number of aromatic nitrogens is 2. The normalized spacial score (nSPS) is 18.4. The fraction of sp³-hybridized carbons (Fsp3) is 0.450. The highest BCUT2D eigenvalue weighted by molar-refractivity contribution is 5.92. The van der Waals surface area contributed by atoms with Crippen LogP contribution in [0, 0.1) is 0 Å². The Bertz CT molecular complexity index is 740. The zero-order chi connectivity index (χ0) is 18.5. The van der Waals surface area contributed by atoms with E-state index < -0.39 is 12.1 Å². The zero-order valence-corrected chi connectivity index (χ0v) is 15.3. The Morgan fingerprint density at radius 2 is 2.04 bits per heavy atom. The summed E-state index contributed by atoms with van der Waals surface area (Å²) in [4.78, 5) is 26.9. The van der Waals surface area contributed by atoms with Gasteiger partial charge in [0.15, 0.2) is 6.10 Å². The minimum absolute atomic E-state index is 0.0990. The van der Waals surface area contributed by atoms with Crippen LogP contribution in [0.5, 0.6) is 0 Å². The van der Waals surface area contributed by atoms with E-state index >= 15 is 0 Å². The monoisotopic (exact) mass is 355 g/mol. The highest BCUT2D eigenvalue weighted by atomic mass is 16.5. The van der Waals surface area contributed by atoms with Gasteiger partial charge in [-0.05, 0) is 62.9 Å². The lowest BCUT2D eigenvalue weighted by Gasteiger charge is -2.36. The second-order valence-corrected chi connectivity index (χ2v) is 6.63. The van der Waals surface area contributed by atoms with Gasteiger partial charge >= 0.3 is 5.97 Å². The van der Waals surface area contributed by atoms with Crippen LogP contribution < -0.4 is 0 Å². The van der Waals surface area contributed by atoms with E-state index in [9.17, 15) is 9.59 Å². The Kier molecular flexibility index (Phi) is 5.71. The molecule has 0 aliphatic carbocycles. The molecule has 3 rings (SSSR count). The van der Waals surface area contributed by atoms with Crippen LogP contribution in [0.4, 0.5) is 0 Å². The third-order valence-corrected chi connectivity index (χ3v) is 4.88. The number of hydrogen-bond acceptors (Lipinski definition) is 4. The van der Waals surface area contributed by atoms with Crippen molar-refractivity contribution in [2.75, 3.05) is 6.54 Å². The summed E-state index contributed by atoms with van der Waals surface area (Å²) in [5, 5.41) is 4.15. The van der Waals surface area contributed by atoms with E-state index in [-0.39, 0.29) is 11.9 Å². The number of benzene rings is 1. The van der Waals surface area contributed by atoms with E-state index in [0.717, 1.165) is 37.9 Å². The van der Waals surface area contributed by atoms with Crippen LogP contribution in [-0.2, 0) is 9.53 Å². The molecule has 26 heavy (non-hydrogen) atoms. The molecule has 0 unspecified atom stereocenters. The Morgan fingerprint density at radius 3 is 2.69 bits per heavy atom. The molecule has 0 N–H and O–H groups in total. The number of amides is 1. The number of rotatable bonds is 5. The number of carbonyl (C=O) groups is 2. The fourth-order valence-electron chi connectivity index (χ4n) is 3.40. The van der Waals surface area contributed by atoms with Gasteiger partial charge in [-0.3, -0.25) is 4.79 Å². The van der Waals surface area contributed by atoms with Crippen molar-refractivity contribution in [3.8, 4) is 5.69 Å². The maximum Gasteiger partial charge on any atom is 0.338 e. The lowest BCUT2D eigenvalue weighted by Crippen LogP contribution is -2.48. The van der Waals surface area contributed by atoms with Crippen LogP contribution in [0.3, 0.4) is 0 Å². The molecule has 138 valence electrons. The number of piperidine rings is 1. The van der Waals surface area contributed by atoms with E-state index in [1.807, 2.05) is 17.2 Å². The van der Waals surface area contributed by atoms with Gasteiger partial charge in [0.05, 0.1) is 11.3 Å². The SMILES string of the molecule is CC[C@H]1CCCCN1C(=O)[C@H](C)OC(=O)c1ccc(-n2cccn2)cc1. The van der Waals surface area contributed by atoms with E-state index in [4.69, 9.17) is 4.74 Å². The van der Waals surface area contributed by atoms with Crippen LogP contribution in [-0.4, -0.2) is 45.2 Å². The Labute approximate surface area is 153 Å². The quantitative estimate of drug-likeness (QED) is 0.773. The number of likely N-dealkylation sites (tertiary alicyclic amines) is 1. The molecule has 2 atom stereocenters. The van der Waals surface area contributed by atoms with Crippen LogP contribution in [0.1, 0.15) is 49.9 Å². The molecule has 6 nitrogen and oxygen atoms in total. The average molecular weight is 355 g/mol. The van der Waals surface area contributed by atoms with Crippen molar-refractivity contribution in [2.24, 2.45) is 0 Å². The van der Waals surface area contributed by atoms with Crippen LogP contribution >= 0.6 is 0 Å². The smallest absolute Gasteiger partial charge is 0.338 e. The molecule has 1 aromatic heterocycles. The van der Waals surface area contributed by atoms with E-state index in [0.29, 0.717) is 5.56 Å². The number of esters is 1. The number of nitrogens with zero attached hydrogens (tertiary/aromatic N) is 3. The third kappa shape index (κ3) is 3.95. The molecule has 1 amide bonds. The minimum atomic E-state index is -0.777. The number of hydrogen-bond donors (Lipinski definition) is 0. The second-order valence-electron chi connectivity index (χ2n) is 6.63. The van der Waals surface area contributed by atoms with E-state index in [1.54, 1.807) is 42.1 Å². The van der Waals surface area contributed by atoms with Crippen LogP contribution in [0.2, 0.25) is 0 Å². The van der Waals surface area contributed by atoms with Gasteiger partial charge in [0, 0.05) is 25.0 Å². The predicted molar refractivity (Wildman–Crippen MR) is 98.1 cm³/mol.